The van der Waals surface area contributed by atoms with Gasteiger partial charge < -0.3 is 15.0 Å². The standard InChI is InChI=1S/C22H28N2O2/c1-24(2)16-18-9-6-7-14-21(18)23-22(25)17-10-8-13-20(15-17)26-19-11-4-3-5-12-19/h3-5,8,10-13,15,18,21H,6-7,9,14,16H2,1-2H3,(H,23,25). The van der Waals surface area contributed by atoms with Gasteiger partial charge in [-0.25, -0.2) is 0 Å². The van der Waals surface area contributed by atoms with Crippen LogP contribution in [0.3, 0.4) is 0 Å². The van der Waals surface area contributed by atoms with E-state index in [4.69, 9.17) is 4.74 Å². The van der Waals surface area contributed by atoms with E-state index >= 15 is 0 Å². The van der Waals surface area contributed by atoms with Gasteiger partial charge in [0, 0.05) is 18.2 Å². The SMILES string of the molecule is CN(C)CC1CCCCC1NC(=O)c1cccc(Oc2ccccc2)c1. The molecule has 1 aliphatic rings. The average Bonchev–Trinajstić information content (AvgIpc) is 2.64. The van der Waals surface area contributed by atoms with Crippen molar-refractivity contribution in [1.82, 2.24) is 10.2 Å². The van der Waals surface area contributed by atoms with E-state index in [9.17, 15) is 4.79 Å². The number of carbonyl (C=O) groups is 1. The first kappa shape index (κ1) is 18.5. The van der Waals surface area contributed by atoms with E-state index in [1.165, 1.54) is 19.3 Å². The summed E-state index contributed by atoms with van der Waals surface area (Å²) in [6.45, 7) is 1.02. The number of nitrogens with one attached hydrogen (secondary N) is 1. The normalized spacial score (nSPS) is 20.0. The maximum absolute atomic E-state index is 12.8. The number of amides is 1. The van der Waals surface area contributed by atoms with E-state index in [1.54, 1.807) is 0 Å². The second kappa shape index (κ2) is 8.86. The van der Waals surface area contributed by atoms with Crippen molar-refractivity contribution in [2.24, 2.45) is 5.92 Å². The summed E-state index contributed by atoms with van der Waals surface area (Å²) in [4.78, 5) is 15.0. The van der Waals surface area contributed by atoms with Gasteiger partial charge in [0.2, 0.25) is 0 Å². The number of nitrogens with zero attached hydrogens (tertiary/aromatic N) is 1. The van der Waals surface area contributed by atoms with E-state index in [0.717, 1.165) is 18.7 Å². The van der Waals surface area contributed by atoms with Gasteiger partial charge in [-0.05, 0) is 63.2 Å². The Balaban J connectivity index is 1.66. The Labute approximate surface area is 156 Å². The summed E-state index contributed by atoms with van der Waals surface area (Å²) in [5, 5.41) is 3.26. The predicted octanol–water partition coefficient (Wildman–Crippen LogP) is 4.33. The van der Waals surface area contributed by atoms with Gasteiger partial charge in [0.15, 0.2) is 0 Å². The summed E-state index contributed by atoms with van der Waals surface area (Å²) in [5.74, 6) is 1.95. The summed E-state index contributed by atoms with van der Waals surface area (Å²) in [6.07, 6.45) is 4.68. The molecule has 0 radical (unpaired) electrons. The molecule has 0 spiro atoms. The molecule has 1 amide bonds. The highest BCUT2D eigenvalue weighted by Crippen LogP contribution is 2.26. The summed E-state index contributed by atoms with van der Waals surface area (Å²) in [7, 11) is 4.19. The Morgan fingerprint density at radius 3 is 2.54 bits per heavy atom. The van der Waals surface area contributed by atoms with Crippen LogP contribution in [0.5, 0.6) is 11.5 Å². The third-order valence-corrected chi connectivity index (χ3v) is 4.90. The van der Waals surface area contributed by atoms with Crippen molar-refractivity contribution < 1.29 is 9.53 Å². The van der Waals surface area contributed by atoms with Gasteiger partial charge in [-0.2, -0.15) is 0 Å². The highest BCUT2D eigenvalue weighted by atomic mass is 16.5. The molecule has 4 nitrogen and oxygen atoms in total. The van der Waals surface area contributed by atoms with Gasteiger partial charge in [-0.15, -0.1) is 0 Å². The monoisotopic (exact) mass is 352 g/mol. The van der Waals surface area contributed by atoms with Crippen LogP contribution in [0.1, 0.15) is 36.0 Å². The first-order valence-electron chi connectivity index (χ1n) is 9.40. The van der Waals surface area contributed by atoms with Crippen molar-refractivity contribution in [2.45, 2.75) is 31.7 Å². The van der Waals surface area contributed by atoms with E-state index in [0.29, 0.717) is 17.2 Å². The molecule has 1 aliphatic carbocycles. The topological polar surface area (TPSA) is 41.6 Å². The van der Waals surface area contributed by atoms with E-state index < -0.39 is 0 Å². The molecule has 2 aromatic carbocycles. The molecule has 1 fully saturated rings. The van der Waals surface area contributed by atoms with Crippen LogP contribution >= 0.6 is 0 Å². The maximum Gasteiger partial charge on any atom is 0.251 e. The molecule has 4 heteroatoms. The fourth-order valence-electron chi connectivity index (χ4n) is 3.66. The zero-order valence-corrected chi connectivity index (χ0v) is 15.7. The predicted molar refractivity (Wildman–Crippen MR) is 105 cm³/mol. The molecule has 0 aromatic heterocycles. The van der Waals surface area contributed by atoms with Gasteiger partial charge in [0.1, 0.15) is 11.5 Å². The van der Waals surface area contributed by atoms with E-state index in [2.05, 4.69) is 24.3 Å². The van der Waals surface area contributed by atoms with Gasteiger partial charge in [0.25, 0.3) is 5.91 Å². The van der Waals surface area contributed by atoms with Crippen molar-refractivity contribution >= 4 is 5.91 Å². The second-order valence-corrected chi connectivity index (χ2v) is 7.33. The summed E-state index contributed by atoms with van der Waals surface area (Å²) < 4.78 is 5.85. The number of para-hydroxylation sites is 1. The van der Waals surface area contributed by atoms with Crippen LogP contribution in [0, 0.1) is 5.92 Å². The molecule has 2 atom stereocenters. The fourth-order valence-corrected chi connectivity index (χ4v) is 3.66. The Morgan fingerprint density at radius 1 is 1.04 bits per heavy atom. The van der Waals surface area contributed by atoms with Gasteiger partial charge >= 0.3 is 0 Å². The van der Waals surface area contributed by atoms with Crippen LogP contribution in [0.25, 0.3) is 0 Å². The molecular formula is C22H28N2O2. The molecule has 0 bridgehead atoms. The molecule has 1 N–H and O–H groups in total. The van der Waals surface area contributed by atoms with Crippen molar-refractivity contribution in [3.63, 3.8) is 0 Å². The van der Waals surface area contributed by atoms with Crippen LogP contribution in [0.4, 0.5) is 0 Å². The lowest BCUT2D eigenvalue weighted by Gasteiger charge is -2.34. The number of carbonyl (C=O) groups excluding carboxylic acids is 1. The van der Waals surface area contributed by atoms with Crippen LogP contribution in [0.2, 0.25) is 0 Å². The Hall–Kier alpha value is -2.33. The molecule has 138 valence electrons. The van der Waals surface area contributed by atoms with Crippen LogP contribution < -0.4 is 10.1 Å². The van der Waals surface area contributed by atoms with Gasteiger partial charge in [-0.3, -0.25) is 4.79 Å². The molecular weight excluding hydrogens is 324 g/mol. The Kier molecular flexibility index (Phi) is 6.29. The zero-order chi connectivity index (χ0) is 18.4. The quantitative estimate of drug-likeness (QED) is 0.841. The number of hydrogen-bond donors (Lipinski definition) is 1. The lowest BCUT2D eigenvalue weighted by atomic mass is 9.84. The summed E-state index contributed by atoms with van der Waals surface area (Å²) in [5.41, 5.74) is 0.646. The average molecular weight is 352 g/mol. The van der Waals surface area contributed by atoms with E-state index in [-0.39, 0.29) is 11.9 Å². The molecule has 3 rings (SSSR count). The molecule has 2 aromatic rings. The summed E-state index contributed by atoms with van der Waals surface area (Å²) >= 11 is 0. The Bertz CT molecular complexity index is 715. The highest BCUT2D eigenvalue weighted by molar-refractivity contribution is 5.94. The number of hydrogen-bond acceptors (Lipinski definition) is 3. The maximum atomic E-state index is 12.8. The molecule has 26 heavy (non-hydrogen) atoms. The third kappa shape index (κ3) is 5.09. The van der Waals surface area contributed by atoms with E-state index in [1.807, 2.05) is 54.6 Å². The lowest BCUT2D eigenvalue weighted by Crippen LogP contribution is -2.45. The van der Waals surface area contributed by atoms with Crippen molar-refractivity contribution in [3.8, 4) is 11.5 Å². The number of rotatable bonds is 6. The van der Waals surface area contributed by atoms with Gasteiger partial charge in [0.05, 0.1) is 0 Å². The van der Waals surface area contributed by atoms with Crippen molar-refractivity contribution in [3.05, 3.63) is 60.2 Å². The number of ether oxygens (including phenoxy) is 1. The molecule has 0 aliphatic heterocycles. The van der Waals surface area contributed by atoms with Gasteiger partial charge in [-0.1, -0.05) is 37.1 Å². The van der Waals surface area contributed by atoms with Crippen molar-refractivity contribution in [2.75, 3.05) is 20.6 Å². The molecule has 0 heterocycles. The van der Waals surface area contributed by atoms with Crippen molar-refractivity contribution in [1.29, 1.82) is 0 Å². The minimum Gasteiger partial charge on any atom is -0.457 e. The second-order valence-electron chi connectivity index (χ2n) is 7.33. The highest BCUT2D eigenvalue weighted by Gasteiger charge is 2.27. The zero-order valence-electron chi connectivity index (χ0n) is 15.7. The first-order chi connectivity index (χ1) is 12.6. The largest absolute Gasteiger partial charge is 0.457 e. The molecule has 2 unspecified atom stereocenters. The van der Waals surface area contributed by atoms with Crippen LogP contribution in [0.15, 0.2) is 54.6 Å². The number of benzene rings is 2. The summed E-state index contributed by atoms with van der Waals surface area (Å²) in [6, 6.07) is 17.3. The first-order valence-corrected chi connectivity index (χ1v) is 9.40. The van der Waals surface area contributed by atoms with Crippen LogP contribution in [-0.4, -0.2) is 37.5 Å². The lowest BCUT2D eigenvalue weighted by molar-refractivity contribution is 0.0895. The minimum atomic E-state index is -0.0147. The minimum absolute atomic E-state index is 0.0147. The third-order valence-electron chi connectivity index (χ3n) is 4.90. The molecule has 1 saturated carbocycles. The fraction of sp³-hybridized carbons (Fsp3) is 0.409. The molecule has 0 saturated heterocycles. The Morgan fingerprint density at radius 2 is 1.77 bits per heavy atom. The van der Waals surface area contributed by atoms with Crippen LogP contribution in [-0.2, 0) is 0 Å². The smallest absolute Gasteiger partial charge is 0.251 e.